The lowest BCUT2D eigenvalue weighted by atomic mass is 10.1. The van der Waals surface area contributed by atoms with Crippen LogP contribution in [0.15, 0.2) is 24.3 Å². The van der Waals surface area contributed by atoms with E-state index in [1.54, 1.807) is 6.07 Å². The van der Waals surface area contributed by atoms with E-state index in [1.165, 1.54) is 6.07 Å². The molecule has 7 heteroatoms. The summed E-state index contributed by atoms with van der Waals surface area (Å²) in [6.45, 7) is 0. The van der Waals surface area contributed by atoms with Gasteiger partial charge in [0.2, 0.25) is 0 Å². The zero-order valence-corrected chi connectivity index (χ0v) is 10.6. The van der Waals surface area contributed by atoms with Crippen molar-refractivity contribution in [1.29, 1.82) is 5.41 Å². The number of hydrogen-bond acceptors (Lipinski definition) is 2. The van der Waals surface area contributed by atoms with Crippen molar-refractivity contribution in [2.45, 2.75) is 11.9 Å². The number of alkyl halides is 3. The van der Waals surface area contributed by atoms with E-state index in [0.717, 1.165) is 23.9 Å². The molecule has 0 heterocycles. The van der Waals surface area contributed by atoms with Crippen molar-refractivity contribution in [3.8, 4) is 0 Å². The van der Waals surface area contributed by atoms with Crippen LogP contribution < -0.4 is 5.73 Å². The molecule has 0 aliphatic rings. The number of rotatable bonds is 2. The lowest BCUT2D eigenvalue weighted by Gasteiger charge is -2.08. The Hall–Kier alpha value is -0.690. The molecule has 0 spiro atoms. The minimum Gasteiger partial charge on any atom is -0.379 e. The molecule has 3 N–H and O–H groups in total. The normalized spacial score (nSPS) is 10.7. The van der Waals surface area contributed by atoms with Crippen molar-refractivity contribution in [2.75, 3.05) is 0 Å². The number of amidine groups is 1. The van der Waals surface area contributed by atoms with Gasteiger partial charge < -0.3 is 5.73 Å². The van der Waals surface area contributed by atoms with Crippen molar-refractivity contribution >= 4 is 33.9 Å². The zero-order valence-electron chi connectivity index (χ0n) is 8.04. The molecule has 0 aliphatic carbocycles. The Bertz CT molecular complexity index is 368. The molecular formula is C9H10BrF3N2S. The highest BCUT2D eigenvalue weighted by molar-refractivity contribution is 8.93. The maximum Gasteiger partial charge on any atom is 0.416 e. The van der Waals surface area contributed by atoms with Crippen LogP contribution in [0.2, 0.25) is 0 Å². The number of nitrogens with one attached hydrogen (secondary N) is 1. The van der Waals surface area contributed by atoms with E-state index in [1.807, 2.05) is 0 Å². The highest BCUT2D eigenvalue weighted by Crippen LogP contribution is 2.30. The molecule has 90 valence electrons. The van der Waals surface area contributed by atoms with Gasteiger partial charge in [0.25, 0.3) is 0 Å². The third kappa shape index (κ3) is 4.89. The van der Waals surface area contributed by atoms with Crippen LogP contribution in [0.5, 0.6) is 0 Å². The number of halogens is 4. The van der Waals surface area contributed by atoms with E-state index >= 15 is 0 Å². The van der Waals surface area contributed by atoms with Crippen molar-refractivity contribution < 1.29 is 13.2 Å². The Labute approximate surface area is 106 Å². The molecule has 2 nitrogen and oxygen atoms in total. The number of benzene rings is 1. The highest BCUT2D eigenvalue weighted by Gasteiger charge is 2.30. The predicted octanol–water partition coefficient (Wildman–Crippen LogP) is 3.41. The SMILES string of the molecule is Br.N=C(N)SCc1cccc(C(F)(F)F)c1. The van der Waals surface area contributed by atoms with E-state index in [9.17, 15) is 13.2 Å². The van der Waals surface area contributed by atoms with Crippen LogP contribution in [-0.4, -0.2) is 5.17 Å². The molecular weight excluding hydrogens is 305 g/mol. The Morgan fingerprint density at radius 3 is 2.50 bits per heavy atom. The van der Waals surface area contributed by atoms with Gasteiger partial charge in [-0.3, -0.25) is 5.41 Å². The van der Waals surface area contributed by atoms with Gasteiger partial charge in [-0.2, -0.15) is 13.2 Å². The molecule has 1 aromatic carbocycles. The number of nitrogens with two attached hydrogens (primary N) is 1. The van der Waals surface area contributed by atoms with Gasteiger partial charge in [-0.15, -0.1) is 17.0 Å². The van der Waals surface area contributed by atoms with Crippen molar-refractivity contribution in [3.63, 3.8) is 0 Å². The van der Waals surface area contributed by atoms with E-state index in [4.69, 9.17) is 11.1 Å². The van der Waals surface area contributed by atoms with Crippen LogP contribution in [-0.2, 0) is 11.9 Å². The third-order valence-corrected chi connectivity index (χ3v) is 2.44. The summed E-state index contributed by atoms with van der Waals surface area (Å²) in [6, 6.07) is 5.00. The summed E-state index contributed by atoms with van der Waals surface area (Å²) < 4.78 is 36.9. The molecule has 1 aromatic rings. The number of thioether (sulfide) groups is 1. The van der Waals surface area contributed by atoms with Gasteiger partial charge in [0.1, 0.15) is 0 Å². The maximum atomic E-state index is 12.3. The summed E-state index contributed by atoms with van der Waals surface area (Å²) >= 11 is 0.997. The Morgan fingerprint density at radius 2 is 2.00 bits per heavy atom. The Kier molecular flexibility index (Phi) is 5.88. The van der Waals surface area contributed by atoms with Crippen LogP contribution in [0.4, 0.5) is 13.2 Å². The first-order chi connectivity index (χ1) is 6.89. The fourth-order valence-corrected chi connectivity index (χ4v) is 1.50. The molecule has 0 bridgehead atoms. The fourth-order valence-electron chi connectivity index (χ4n) is 0.999. The average Bonchev–Trinajstić information content (AvgIpc) is 2.14. The molecule has 0 aromatic heterocycles. The van der Waals surface area contributed by atoms with Crippen LogP contribution in [0.25, 0.3) is 0 Å². The molecule has 0 saturated carbocycles. The molecule has 16 heavy (non-hydrogen) atoms. The quantitative estimate of drug-likeness (QED) is 0.649. The van der Waals surface area contributed by atoms with Gasteiger partial charge in [0, 0.05) is 5.75 Å². The van der Waals surface area contributed by atoms with Crippen molar-refractivity contribution in [2.24, 2.45) is 5.73 Å². The smallest absolute Gasteiger partial charge is 0.379 e. The summed E-state index contributed by atoms with van der Waals surface area (Å²) in [7, 11) is 0. The van der Waals surface area contributed by atoms with E-state index in [0.29, 0.717) is 5.56 Å². The molecule has 0 amide bonds. The number of hydrogen-bond donors (Lipinski definition) is 2. The lowest BCUT2D eigenvalue weighted by molar-refractivity contribution is -0.137. The molecule has 0 atom stereocenters. The fraction of sp³-hybridized carbons (Fsp3) is 0.222. The summed E-state index contributed by atoms with van der Waals surface area (Å²) in [6.07, 6.45) is -4.32. The molecule has 0 saturated heterocycles. The summed E-state index contributed by atoms with van der Waals surface area (Å²) in [5.74, 6) is 0.277. The van der Waals surface area contributed by atoms with Gasteiger partial charge >= 0.3 is 6.18 Å². The third-order valence-electron chi connectivity index (χ3n) is 1.65. The topological polar surface area (TPSA) is 49.9 Å². The van der Waals surface area contributed by atoms with Crippen LogP contribution >= 0.6 is 28.7 Å². The average molecular weight is 315 g/mol. The minimum atomic E-state index is -4.32. The Morgan fingerprint density at radius 1 is 1.38 bits per heavy atom. The minimum absolute atomic E-state index is 0. The Balaban J connectivity index is 0.00000225. The van der Waals surface area contributed by atoms with Crippen LogP contribution in [0.1, 0.15) is 11.1 Å². The second kappa shape index (κ2) is 6.15. The van der Waals surface area contributed by atoms with Crippen molar-refractivity contribution in [1.82, 2.24) is 0 Å². The largest absolute Gasteiger partial charge is 0.416 e. The second-order valence-electron chi connectivity index (χ2n) is 2.85. The molecule has 0 radical (unpaired) electrons. The molecule has 0 fully saturated rings. The summed E-state index contributed by atoms with van der Waals surface area (Å²) in [5.41, 5.74) is 4.92. The van der Waals surface area contributed by atoms with Crippen LogP contribution in [0.3, 0.4) is 0 Å². The van der Waals surface area contributed by atoms with Gasteiger partial charge in [-0.25, -0.2) is 0 Å². The maximum absolute atomic E-state index is 12.3. The molecule has 0 aliphatic heterocycles. The summed E-state index contributed by atoms with van der Waals surface area (Å²) in [5, 5.41) is 6.83. The van der Waals surface area contributed by atoms with Crippen LogP contribution in [0, 0.1) is 5.41 Å². The first-order valence-electron chi connectivity index (χ1n) is 4.02. The zero-order chi connectivity index (χ0) is 11.5. The molecule has 0 unspecified atom stereocenters. The van der Waals surface area contributed by atoms with Gasteiger partial charge in [0.05, 0.1) is 5.56 Å². The summed E-state index contributed by atoms with van der Waals surface area (Å²) in [4.78, 5) is 0. The predicted molar refractivity (Wildman–Crippen MR) is 65.0 cm³/mol. The molecule has 1 rings (SSSR count). The van der Waals surface area contributed by atoms with Gasteiger partial charge in [-0.05, 0) is 11.6 Å². The van der Waals surface area contributed by atoms with Gasteiger partial charge in [0.15, 0.2) is 5.17 Å². The second-order valence-corrected chi connectivity index (χ2v) is 3.87. The first-order valence-corrected chi connectivity index (χ1v) is 5.01. The lowest BCUT2D eigenvalue weighted by Crippen LogP contribution is -2.06. The van der Waals surface area contributed by atoms with Gasteiger partial charge in [-0.1, -0.05) is 30.0 Å². The van der Waals surface area contributed by atoms with Crippen molar-refractivity contribution in [3.05, 3.63) is 35.4 Å². The first kappa shape index (κ1) is 15.3. The van der Waals surface area contributed by atoms with E-state index in [2.05, 4.69) is 0 Å². The van der Waals surface area contributed by atoms with E-state index < -0.39 is 11.7 Å². The van der Waals surface area contributed by atoms with E-state index in [-0.39, 0.29) is 27.9 Å². The highest BCUT2D eigenvalue weighted by atomic mass is 79.9. The monoisotopic (exact) mass is 314 g/mol. The standard InChI is InChI=1S/C9H9F3N2S.BrH/c10-9(11,12)7-3-1-2-6(4-7)5-15-8(13)14;/h1-4H,5H2,(H3,13,14);1H.